The van der Waals surface area contributed by atoms with E-state index in [-0.39, 0.29) is 16.6 Å². The summed E-state index contributed by atoms with van der Waals surface area (Å²) in [5, 5.41) is 13.1. The third kappa shape index (κ3) is 2.69. The minimum absolute atomic E-state index is 0.0580. The van der Waals surface area contributed by atoms with Crippen LogP contribution in [0, 0.1) is 5.82 Å². The van der Waals surface area contributed by atoms with Crippen LogP contribution >= 0.6 is 11.8 Å². The Labute approximate surface area is 129 Å². The Bertz CT molecular complexity index is 856. The summed E-state index contributed by atoms with van der Waals surface area (Å²) in [6.45, 7) is 3.98. The molecule has 0 radical (unpaired) electrons. The van der Waals surface area contributed by atoms with E-state index in [2.05, 4.69) is 15.1 Å². The summed E-state index contributed by atoms with van der Waals surface area (Å²) in [4.78, 5) is 18.7. The van der Waals surface area contributed by atoms with Gasteiger partial charge in [0, 0.05) is 22.4 Å². The number of aromatic carboxylic acids is 1. The number of imidazole rings is 1. The van der Waals surface area contributed by atoms with Crippen molar-refractivity contribution in [3.8, 4) is 5.95 Å². The van der Waals surface area contributed by atoms with Gasteiger partial charge in [0.15, 0.2) is 0 Å². The third-order valence-corrected chi connectivity index (χ3v) is 3.97. The first-order valence-electron chi connectivity index (χ1n) is 6.58. The molecule has 2 heterocycles. The fraction of sp³-hybridized carbons (Fsp3) is 0.214. The van der Waals surface area contributed by atoms with Crippen molar-refractivity contribution < 1.29 is 14.3 Å². The lowest BCUT2D eigenvalue weighted by atomic mass is 10.3. The van der Waals surface area contributed by atoms with Crippen LogP contribution in [-0.4, -0.2) is 36.1 Å². The quantitative estimate of drug-likeness (QED) is 0.722. The lowest BCUT2D eigenvalue weighted by Gasteiger charge is -2.05. The number of hydrogen-bond acceptors (Lipinski definition) is 4. The number of carboxylic acids is 1. The second-order valence-corrected chi connectivity index (χ2v) is 6.62. The van der Waals surface area contributed by atoms with Gasteiger partial charge in [-0.3, -0.25) is 0 Å². The van der Waals surface area contributed by atoms with Crippen molar-refractivity contribution in [3.05, 3.63) is 35.9 Å². The van der Waals surface area contributed by atoms with Gasteiger partial charge in [-0.05, 0) is 6.07 Å². The van der Waals surface area contributed by atoms with Gasteiger partial charge in [-0.25, -0.2) is 18.9 Å². The first-order valence-corrected chi connectivity index (χ1v) is 7.46. The molecule has 0 aliphatic heterocycles. The topological polar surface area (TPSA) is 83.8 Å². The van der Waals surface area contributed by atoms with E-state index in [4.69, 9.17) is 5.11 Å². The number of thioether (sulfide) groups is 1. The molecule has 22 heavy (non-hydrogen) atoms. The zero-order valence-electron chi connectivity index (χ0n) is 11.9. The van der Waals surface area contributed by atoms with Crippen molar-refractivity contribution in [2.45, 2.75) is 24.0 Å². The minimum atomic E-state index is -1.07. The zero-order chi connectivity index (χ0) is 15.9. The molecule has 0 amide bonds. The van der Waals surface area contributed by atoms with Gasteiger partial charge in [0.05, 0.1) is 22.8 Å². The highest BCUT2D eigenvalue weighted by molar-refractivity contribution is 7.99. The smallest absolute Gasteiger partial charge is 0.338 e. The molecule has 0 spiro atoms. The Balaban J connectivity index is 2.03. The second-order valence-electron chi connectivity index (χ2n) is 5.01. The Morgan fingerprint density at radius 1 is 1.45 bits per heavy atom. The molecule has 0 fully saturated rings. The number of carbonyl (C=O) groups is 1. The third-order valence-electron chi connectivity index (χ3n) is 2.93. The molecule has 0 aliphatic rings. The molecule has 8 heteroatoms. The number of hydrogen-bond donors (Lipinski definition) is 2. The zero-order valence-corrected chi connectivity index (χ0v) is 12.7. The lowest BCUT2D eigenvalue weighted by molar-refractivity contribution is 0.0697. The molecule has 114 valence electrons. The maximum Gasteiger partial charge on any atom is 0.338 e. The van der Waals surface area contributed by atoms with Crippen molar-refractivity contribution in [3.63, 3.8) is 0 Å². The van der Waals surface area contributed by atoms with Gasteiger partial charge in [-0.15, -0.1) is 11.8 Å². The molecule has 3 rings (SSSR count). The van der Waals surface area contributed by atoms with Gasteiger partial charge >= 0.3 is 5.97 Å². The number of nitrogens with one attached hydrogen (secondary N) is 1. The van der Waals surface area contributed by atoms with Crippen LogP contribution in [-0.2, 0) is 0 Å². The Morgan fingerprint density at radius 2 is 2.23 bits per heavy atom. The Kier molecular flexibility index (Phi) is 3.61. The fourth-order valence-electron chi connectivity index (χ4n) is 2.00. The summed E-state index contributed by atoms with van der Waals surface area (Å²) >= 11 is 1.42. The summed E-state index contributed by atoms with van der Waals surface area (Å²) in [6.07, 6.45) is 2.58. The van der Waals surface area contributed by atoms with Crippen LogP contribution in [0.15, 0.2) is 29.4 Å². The number of carboxylic acid groups (broad SMARTS) is 1. The van der Waals surface area contributed by atoms with E-state index in [1.165, 1.54) is 34.9 Å². The molecule has 3 aromatic rings. The summed E-state index contributed by atoms with van der Waals surface area (Å²) in [5.41, 5.74) is 1.20. The number of aromatic amines is 1. The molecule has 6 nitrogen and oxygen atoms in total. The van der Waals surface area contributed by atoms with Gasteiger partial charge < -0.3 is 10.1 Å². The molecule has 2 N–H and O–H groups in total. The van der Waals surface area contributed by atoms with E-state index < -0.39 is 5.97 Å². The summed E-state index contributed by atoms with van der Waals surface area (Å²) < 4.78 is 15.3. The fourth-order valence-corrected chi connectivity index (χ4v) is 2.86. The van der Waals surface area contributed by atoms with Gasteiger partial charge in [-0.1, -0.05) is 13.8 Å². The summed E-state index contributed by atoms with van der Waals surface area (Å²) in [5.74, 6) is -1.04. The highest BCUT2D eigenvalue weighted by atomic mass is 32.2. The molecule has 0 saturated heterocycles. The standard InChI is InChI=1S/C14H13FN4O2S/c1-7(2)22-12-4-11-10(3-9(12)15)17-14(18-11)19-6-8(5-16-19)13(20)21/h3-7H,1-2H3,(H,17,18)(H,20,21). The van der Waals surface area contributed by atoms with E-state index in [0.717, 1.165) is 0 Å². The largest absolute Gasteiger partial charge is 0.478 e. The molecule has 0 atom stereocenters. The highest BCUT2D eigenvalue weighted by Gasteiger charge is 2.13. The molecule has 0 unspecified atom stereocenters. The van der Waals surface area contributed by atoms with E-state index in [0.29, 0.717) is 21.9 Å². The summed E-state index contributed by atoms with van der Waals surface area (Å²) in [6, 6.07) is 3.06. The summed E-state index contributed by atoms with van der Waals surface area (Å²) in [7, 11) is 0. The van der Waals surface area contributed by atoms with Crippen molar-refractivity contribution in [2.24, 2.45) is 0 Å². The number of halogens is 1. The average Bonchev–Trinajstić information content (AvgIpc) is 3.04. The molecular weight excluding hydrogens is 307 g/mol. The van der Waals surface area contributed by atoms with Crippen LogP contribution in [0.5, 0.6) is 0 Å². The monoisotopic (exact) mass is 320 g/mol. The normalized spacial score (nSPS) is 11.5. The van der Waals surface area contributed by atoms with E-state index in [1.807, 2.05) is 13.8 Å². The number of H-pyrrole nitrogens is 1. The number of rotatable bonds is 4. The maximum atomic E-state index is 14.0. The van der Waals surface area contributed by atoms with Crippen molar-refractivity contribution in [2.75, 3.05) is 0 Å². The lowest BCUT2D eigenvalue weighted by Crippen LogP contribution is -1.97. The Hall–Kier alpha value is -2.35. The van der Waals surface area contributed by atoms with Crippen molar-refractivity contribution in [1.29, 1.82) is 0 Å². The first-order chi connectivity index (χ1) is 10.4. The van der Waals surface area contributed by atoms with E-state index >= 15 is 0 Å². The molecular formula is C14H13FN4O2S. The van der Waals surface area contributed by atoms with E-state index in [9.17, 15) is 9.18 Å². The minimum Gasteiger partial charge on any atom is -0.478 e. The van der Waals surface area contributed by atoms with Crippen LogP contribution in [0.3, 0.4) is 0 Å². The van der Waals surface area contributed by atoms with Crippen LogP contribution in [0.2, 0.25) is 0 Å². The van der Waals surface area contributed by atoms with Crippen LogP contribution in [0.25, 0.3) is 17.0 Å². The number of benzene rings is 1. The van der Waals surface area contributed by atoms with Crippen molar-refractivity contribution >= 4 is 28.8 Å². The predicted molar refractivity (Wildman–Crippen MR) is 81.1 cm³/mol. The van der Waals surface area contributed by atoms with Gasteiger partial charge in [-0.2, -0.15) is 5.10 Å². The molecule has 0 saturated carbocycles. The maximum absolute atomic E-state index is 14.0. The molecule has 0 bridgehead atoms. The first kappa shape index (κ1) is 14.6. The van der Waals surface area contributed by atoms with E-state index in [1.54, 1.807) is 6.07 Å². The molecule has 0 aliphatic carbocycles. The second kappa shape index (κ2) is 5.45. The van der Waals surface area contributed by atoms with Gasteiger partial charge in [0.1, 0.15) is 5.82 Å². The molecule has 2 aromatic heterocycles. The van der Waals surface area contributed by atoms with Crippen LogP contribution < -0.4 is 0 Å². The van der Waals surface area contributed by atoms with Crippen LogP contribution in [0.1, 0.15) is 24.2 Å². The number of aromatic nitrogens is 4. The van der Waals surface area contributed by atoms with Crippen molar-refractivity contribution in [1.82, 2.24) is 19.7 Å². The number of nitrogens with zero attached hydrogens (tertiary/aromatic N) is 3. The average molecular weight is 320 g/mol. The predicted octanol–water partition coefficient (Wildman–Crippen LogP) is 3.09. The number of fused-ring (bicyclic) bond motifs is 1. The molecule has 1 aromatic carbocycles. The van der Waals surface area contributed by atoms with Gasteiger partial charge in [0.25, 0.3) is 0 Å². The van der Waals surface area contributed by atoms with Gasteiger partial charge in [0.2, 0.25) is 5.95 Å². The highest BCUT2D eigenvalue weighted by Crippen LogP contribution is 2.29. The van der Waals surface area contributed by atoms with Crippen LogP contribution in [0.4, 0.5) is 4.39 Å². The SMILES string of the molecule is CC(C)Sc1cc2nc(-n3cc(C(=O)O)cn3)[nH]c2cc1F. The Morgan fingerprint density at radius 3 is 2.86 bits per heavy atom.